The maximum absolute atomic E-state index is 4.84. The highest BCUT2D eigenvalue weighted by atomic mass is 32.2. The second-order valence-electron chi connectivity index (χ2n) is 5.52. The minimum atomic E-state index is 0.771. The van der Waals surface area contributed by atoms with E-state index in [9.17, 15) is 0 Å². The number of thioether (sulfide) groups is 1. The highest BCUT2D eigenvalue weighted by Crippen LogP contribution is 2.29. The Hall–Kier alpha value is -1.67. The van der Waals surface area contributed by atoms with Crippen LogP contribution in [0, 0.1) is 0 Å². The van der Waals surface area contributed by atoms with E-state index in [0.29, 0.717) is 0 Å². The lowest BCUT2D eigenvalue weighted by Gasteiger charge is -2.34. The smallest absolute Gasteiger partial charge is 0.228 e. The van der Waals surface area contributed by atoms with Crippen molar-refractivity contribution >= 4 is 34.6 Å². The molecule has 8 heteroatoms. The lowest BCUT2D eigenvalue weighted by molar-refractivity contribution is 0.576. The zero-order valence-electron chi connectivity index (χ0n) is 12.6. The molecule has 22 heavy (non-hydrogen) atoms. The first kappa shape index (κ1) is 14.0. The predicted molar refractivity (Wildman–Crippen MR) is 88.8 cm³/mol. The SMILES string of the molecule is CSc1ncc2nc(N3CCNCC3)nc(N3CCC3)c2n1. The van der Waals surface area contributed by atoms with E-state index < -0.39 is 0 Å². The molecule has 2 fully saturated rings. The second kappa shape index (κ2) is 5.85. The molecular formula is C14H19N7S. The zero-order chi connectivity index (χ0) is 14.9. The Morgan fingerprint density at radius 1 is 1.05 bits per heavy atom. The average Bonchev–Trinajstić information content (AvgIpc) is 2.53. The van der Waals surface area contributed by atoms with E-state index in [4.69, 9.17) is 9.97 Å². The van der Waals surface area contributed by atoms with E-state index >= 15 is 0 Å². The van der Waals surface area contributed by atoms with Gasteiger partial charge >= 0.3 is 0 Å². The molecule has 0 atom stereocenters. The molecule has 0 unspecified atom stereocenters. The van der Waals surface area contributed by atoms with Crippen LogP contribution in [0.25, 0.3) is 11.0 Å². The van der Waals surface area contributed by atoms with Crippen molar-refractivity contribution in [2.45, 2.75) is 11.6 Å². The quantitative estimate of drug-likeness (QED) is 0.657. The summed E-state index contributed by atoms with van der Waals surface area (Å²) in [6, 6.07) is 0. The van der Waals surface area contributed by atoms with Gasteiger partial charge in [-0.25, -0.2) is 15.0 Å². The molecule has 0 radical (unpaired) electrons. The van der Waals surface area contributed by atoms with Gasteiger partial charge in [0.1, 0.15) is 11.0 Å². The fourth-order valence-electron chi connectivity index (χ4n) is 2.74. The van der Waals surface area contributed by atoms with Crippen LogP contribution < -0.4 is 15.1 Å². The van der Waals surface area contributed by atoms with E-state index in [1.165, 1.54) is 6.42 Å². The molecule has 7 nitrogen and oxygen atoms in total. The average molecular weight is 317 g/mol. The van der Waals surface area contributed by atoms with E-state index in [2.05, 4.69) is 25.1 Å². The number of anilines is 2. The molecule has 4 heterocycles. The predicted octanol–water partition coefficient (Wildman–Crippen LogP) is 0.761. The zero-order valence-corrected chi connectivity index (χ0v) is 13.4. The molecule has 2 saturated heterocycles. The van der Waals surface area contributed by atoms with Crippen molar-refractivity contribution in [3.63, 3.8) is 0 Å². The van der Waals surface area contributed by atoms with E-state index in [1.54, 1.807) is 11.8 Å². The Kier molecular flexibility index (Phi) is 3.71. The molecule has 0 spiro atoms. The summed E-state index contributed by atoms with van der Waals surface area (Å²) in [6.07, 6.45) is 5.03. The summed E-state index contributed by atoms with van der Waals surface area (Å²) < 4.78 is 0. The van der Waals surface area contributed by atoms with Gasteiger partial charge in [-0.1, -0.05) is 11.8 Å². The highest BCUT2D eigenvalue weighted by molar-refractivity contribution is 7.98. The molecule has 0 aliphatic carbocycles. The first-order valence-electron chi connectivity index (χ1n) is 7.64. The fourth-order valence-corrected chi connectivity index (χ4v) is 3.08. The number of fused-ring (bicyclic) bond motifs is 1. The van der Waals surface area contributed by atoms with Gasteiger partial charge in [-0.05, 0) is 12.7 Å². The normalized spacial score (nSPS) is 18.6. The Morgan fingerprint density at radius 2 is 1.86 bits per heavy atom. The van der Waals surface area contributed by atoms with Gasteiger partial charge in [0.15, 0.2) is 11.0 Å². The maximum atomic E-state index is 4.84. The minimum Gasteiger partial charge on any atom is -0.355 e. The molecule has 1 N–H and O–H groups in total. The summed E-state index contributed by atoms with van der Waals surface area (Å²) in [5.41, 5.74) is 1.71. The summed E-state index contributed by atoms with van der Waals surface area (Å²) in [4.78, 5) is 23.1. The van der Waals surface area contributed by atoms with Crippen molar-refractivity contribution in [1.29, 1.82) is 0 Å². The lowest BCUT2D eigenvalue weighted by atomic mass is 10.2. The van der Waals surface area contributed by atoms with Crippen molar-refractivity contribution in [2.75, 3.05) is 55.3 Å². The number of rotatable bonds is 3. The summed E-state index contributed by atoms with van der Waals surface area (Å²) >= 11 is 1.55. The lowest BCUT2D eigenvalue weighted by Crippen LogP contribution is -2.44. The van der Waals surface area contributed by atoms with Crippen molar-refractivity contribution in [2.24, 2.45) is 0 Å². The van der Waals surface area contributed by atoms with Crippen LogP contribution in [0.3, 0.4) is 0 Å². The Labute approximate surface area is 133 Å². The number of hydrogen-bond donors (Lipinski definition) is 1. The largest absolute Gasteiger partial charge is 0.355 e. The minimum absolute atomic E-state index is 0.771. The number of piperazine rings is 1. The molecule has 116 valence electrons. The van der Waals surface area contributed by atoms with Crippen LogP contribution >= 0.6 is 11.8 Å². The number of hydrogen-bond acceptors (Lipinski definition) is 8. The first-order chi connectivity index (χ1) is 10.8. The molecule has 4 rings (SSSR count). The van der Waals surface area contributed by atoms with E-state index in [0.717, 1.165) is 67.2 Å². The standard InChI is InChI=1S/C14H19N7S/c1-22-14-16-9-10-11(18-14)12(20-5-2-6-20)19-13(17-10)21-7-3-15-4-8-21/h9,15H,2-8H2,1H3. The Morgan fingerprint density at radius 3 is 2.55 bits per heavy atom. The molecule has 0 aromatic carbocycles. The van der Waals surface area contributed by atoms with Crippen LogP contribution in [0.2, 0.25) is 0 Å². The summed E-state index contributed by atoms with van der Waals surface area (Å²) in [5, 5.41) is 4.13. The molecule has 0 amide bonds. The van der Waals surface area contributed by atoms with Crippen LogP contribution in [0.15, 0.2) is 11.4 Å². The van der Waals surface area contributed by atoms with Crippen LogP contribution in [0.5, 0.6) is 0 Å². The summed E-state index contributed by atoms with van der Waals surface area (Å²) in [6.45, 7) is 5.92. The van der Waals surface area contributed by atoms with Crippen molar-refractivity contribution in [3.05, 3.63) is 6.20 Å². The first-order valence-corrected chi connectivity index (χ1v) is 8.87. The number of nitrogens with zero attached hydrogens (tertiary/aromatic N) is 6. The fraction of sp³-hybridized carbons (Fsp3) is 0.571. The third kappa shape index (κ3) is 2.46. The van der Waals surface area contributed by atoms with Gasteiger partial charge in [0.25, 0.3) is 0 Å². The number of aromatic nitrogens is 4. The summed E-state index contributed by atoms with van der Waals surface area (Å²) in [7, 11) is 0. The van der Waals surface area contributed by atoms with Crippen LogP contribution in [-0.4, -0.2) is 65.5 Å². The molecular weight excluding hydrogens is 298 g/mol. The maximum Gasteiger partial charge on any atom is 0.228 e. The molecule has 2 aromatic rings. The molecule has 0 bridgehead atoms. The molecule has 2 aliphatic rings. The van der Waals surface area contributed by atoms with Crippen molar-refractivity contribution in [1.82, 2.24) is 25.3 Å². The monoisotopic (exact) mass is 317 g/mol. The van der Waals surface area contributed by atoms with Gasteiger partial charge in [-0.2, -0.15) is 4.98 Å². The Balaban J connectivity index is 1.81. The third-order valence-corrected chi connectivity index (χ3v) is 4.69. The highest BCUT2D eigenvalue weighted by Gasteiger charge is 2.23. The van der Waals surface area contributed by atoms with Gasteiger partial charge in [0.05, 0.1) is 6.20 Å². The van der Waals surface area contributed by atoms with Crippen LogP contribution in [-0.2, 0) is 0 Å². The van der Waals surface area contributed by atoms with Gasteiger partial charge in [-0.3, -0.25) is 0 Å². The summed E-state index contributed by atoms with van der Waals surface area (Å²) in [5.74, 6) is 1.76. The van der Waals surface area contributed by atoms with Crippen molar-refractivity contribution in [3.8, 4) is 0 Å². The molecule has 0 saturated carbocycles. The van der Waals surface area contributed by atoms with Crippen LogP contribution in [0.4, 0.5) is 11.8 Å². The molecule has 2 aliphatic heterocycles. The van der Waals surface area contributed by atoms with Crippen molar-refractivity contribution < 1.29 is 0 Å². The van der Waals surface area contributed by atoms with E-state index in [-0.39, 0.29) is 0 Å². The van der Waals surface area contributed by atoms with Gasteiger partial charge in [0.2, 0.25) is 5.95 Å². The molecule has 2 aromatic heterocycles. The Bertz CT molecular complexity index is 682. The second-order valence-corrected chi connectivity index (χ2v) is 6.29. The van der Waals surface area contributed by atoms with Gasteiger partial charge in [-0.15, -0.1) is 0 Å². The topological polar surface area (TPSA) is 70.1 Å². The van der Waals surface area contributed by atoms with E-state index in [1.807, 2.05) is 12.5 Å². The van der Waals surface area contributed by atoms with Gasteiger partial charge < -0.3 is 15.1 Å². The van der Waals surface area contributed by atoms with Gasteiger partial charge in [0, 0.05) is 39.3 Å². The number of nitrogens with one attached hydrogen (secondary N) is 1. The third-order valence-electron chi connectivity index (χ3n) is 4.12. The van der Waals surface area contributed by atoms with Crippen LogP contribution in [0.1, 0.15) is 6.42 Å².